The molecule has 36 heavy (non-hydrogen) atoms. The van der Waals surface area contributed by atoms with Gasteiger partial charge >= 0.3 is 0 Å². The molecule has 0 spiro atoms. The molecule has 1 fully saturated rings. The van der Waals surface area contributed by atoms with Crippen LogP contribution >= 0.6 is 0 Å². The number of amides is 1. The lowest BCUT2D eigenvalue weighted by Crippen LogP contribution is -2.29. The largest absolute Gasteiger partial charge is 0.507 e. The van der Waals surface area contributed by atoms with Gasteiger partial charge in [-0.15, -0.1) is 0 Å². The monoisotopic (exact) mass is 487 g/mol. The minimum Gasteiger partial charge on any atom is -0.507 e. The molecule has 2 aliphatic rings. The van der Waals surface area contributed by atoms with Crippen LogP contribution in [0.25, 0.3) is 5.76 Å². The number of aliphatic hydroxyl groups is 1. The summed E-state index contributed by atoms with van der Waals surface area (Å²) in [6, 6.07) is 17.9. The number of carbonyl (C=O) groups excluding carboxylic acids is 2. The molecule has 1 saturated heterocycles. The summed E-state index contributed by atoms with van der Waals surface area (Å²) in [7, 11) is 0. The van der Waals surface area contributed by atoms with Gasteiger partial charge < -0.3 is 29.3 Å². The summed E-state index contributed by atoms with van der Waals surface area (Å²) in [5.74, 6) is -0.699. The van der Waals surface area contributed by atoms with Gasteiger partial charge in [-0.1, -0.05) is 36.4 Å². The molecule has 184 valence electrons. The predicted octanol–water partition coefficient (Wildman–Crippen LogP) is 4.18. The number of carbonyl (C=O) groups is 2. The van der Waals surface area contributed by atoms with Gasteiger partial charge in [0.1, 0.15) is 19.0 Å². The summed E-state index contributed by atoms with van der Waals surface area (Å²) in [4.78, 5) is 28.0. The van der Waals surface area contributed by atoms with Crippen molar-refractivity contribution in [3.63, 3.8) is 0 Å². The van der Waals surface area contributed by atoms with Crippen LogP contribution in [0, 0.1) is 0 Å². The number of hydrogen-bond donors (Lipinski definition) is 2. The maximum atomic E-state index is 13.3. The Labute approximate surface area is 208 Å². The quantitative estimate of drug-likeness (QED) is 0.305. The number of phenols is 1. The number of Topliss-reactive ketones (excluding diaryl/α,β-unsaturated/α-hetero) is 1. The molecular weight excluding hydrogens is 462 g/mol. The first-order chi connectivity index (χ1) is 17.5. The van der Waals surface area contributed by atoms with E-state index in [1.54, 1.807) is 37.3 Å². The highest BCUT2D eigenvalue weighted by atomic mass is 16.6. The summed E-state index contributed by atoms with van der Waals surface area (Å²) in [6.45, 7) is 3.05. The summed E-state index contributed by atoms with van der Waals surface area (Å²) in [5.41, 5.74) is 1.62. The van der Waals surface area contributed by atoms with E-state index in [0.717, 1.165) is 5.56 Å². The van der Waals surface area contributed by atoms with Crippen molar-refractivity contribution in [2.24, 2.45) is 0 Å². The molecule has 0 saturated carbocycles. The molecule has 0 radical (unpaired) electrons. The highest BCUT2D eigenvalue weighted by Gasteiger charge is 2.46. The molecule has 3 aromatic carbocycles. The lowest BCUT2D eigenvalue weighted by atomic mass is 9.94. The van der Waals surface area contributed by atoms with Crippen LogP contribution in [0.3, 0.4) is 0 Å². The van der Waals surface area contributed by atoms with Crippen molar-refractivity contribution in [3.05, 3.63) is 89.0 Å². The average molecular weight is 488 g/mol. The van der Waals surface area contributed by atoms with Crippen LogP contribution in [0.2, 0.25) is 0 Å². The summed E-state index contributed by atoms with van der Waals surface area (Å²) in [5, 5.41) is 21.6. The Morgan fingerprint density at radius 2 is 1.75 bits per heavy atom. The number of benzene rings is 3. The fourth-order valence-corrected chi connectivity index (χ4v) is 4.49. The topological polar surface area (TPSA) is 106 Å². The Bertz CT molecular complexity index is 1350. The molecule has 1 unspecified atom stereocenters. The van der Waals surface area contributed by atoms with Crippen molar-refractivity contribution >= 4 is 17.4 Å². The number of aliphatic hydroxyl groups excluding tert-OH is 1. The molecule has 5 rings (SSSR count). The number of hydrogen-bond acceptors (Lipinski definition) is 7. The van der Waals surface area contributed by atoms with E-state index >= 15 is 0 Å². The number of aromatic hydroxyl groups is 1. The fourth-order valence-electron chi connectivity index (χ4n) is 4.49. The number of likely N-dealkylation sites (tertiary alicyclic amines) is 1. The number of rotatable bonds is 6. The molecule has 1 atom stereocenters. The number of ether oxygens (including phenoxy) is 3. The van der Waals surface area contributed by atoms with Gasteiger partial charge in [-0.05, 0) is 48.4 Å². The average Bonchev–Trinajstić information content (AvgIpc) is 3.15. The second-order valence-corrected chi connectivity index (χ2v) is 8.43. The SMILES string of the molecule is CCOc1cc(C2/C(=C(\O)c3ccc4c(c3)OCCO4)C(=O)C(=O)N2Cc2ccccc2)ccc1O. The third-order valence-corrected chi connectivity index (χ3v) is 6.15. The molecule has 2 aliphatic heterocycles. The standard InChI is InChI=1S/C28H25NO7/c1-2-34-22-14-18(8-10-20(22)30)25-24(26(31)19-9-11-21-23(15-19)36-13-12-35-21)27(32)28(33)29(25)16-17-6-4-3-5-7-17/h3-11,14-15,25,30-31H,2,12-13,16H2,1H3/b26-24+. The van der Waals surface area contributed by atoms with E-state index in [-0.39, 0.29) is 29.4 Å². The lowest BCUT2D eigenvalue weighted by Gasteiger charge is -2.26. The third-order valence-electron chi connectivity index (χ3n) is 6.15. The lowest BCUT2D eigenvalue weighted by molar-refractivity contribution is -0.140. The third kappa shape index (κ3) is 4.22. The van der Waals surface area contributed by atoms with Crippen LogP contribution in [0.15, 0.2) is 72.3 Å². The van der Waals surface area contributed by atoms with E-state index < -0.39 is 17.7 Å². The molecule has 3 aromatic rings. The zero-order chi connectivity index (χ0) is 25.2. The van der Waals surface area contributed by atoms with E-state index in [2.05, 4.69) is 0 Å². The normalized spacial score (nSPS) is 18.4. The van der Waals surface area contributed by atoms with Crippen molar-refractivity contribution < 1.29 is 34.0 Å². The van der Waals surface area contributed by atoms with E-state index in [1.807, 2.05) is 30.3 Å². The van der Waals surface area contributed by atoms with Crippen molar-refractivity contribution in [2.75, 3.05) is 19.8 Å². The van der Waals surface area contributed by atoms with Crippen molar-refractivity contribution in [1.82, 2.24) is 4.90 Å². The molecular formula is C28H25NO7. The van der Waals surface area contributed by atoms with E-state index in [1.165, 1.54) is 11.0 Å². The van der Waals surface area contributed by atoms with Gasteiger partial charge in [-0.3, -0.25) is 9.59 Å². The van der Waals surface area contributed by atoms with Crippen molar-refractivity contribution in [1.29, 1.82) is 0 Å². The Morgan fingerprint density at radius 1 is 1.00 bits per heavy atom. The predicted molar refractivity (Wildman–Crippen MR) is 131 cm³/mol. The van der Waals surface area contributed by atoms with E-state index in [0.29, 0.717) is 42.4 Å². The van der Waals surface area contributed by atoms with E-state index in [4.69, 9.17) is 14.2 Å². The van der Waals surface area contributed by atoms with Gasteiger partial charge in [-0.2, -0.15) is 0 Å². The molecule has 0 aliphatic carbocycles. The first-order valence-corrected chi connectivity index (χ1v) is 11.7. The Balaban J connectivity index is 1.65. The fraction of sp³-hybridized carbons (Fsp3) is 0.214. The molecule has 2 heterocycles. The summed E-state index contributed by atoms with van der Waals surface area (Å²) in [6.07, 6.45) is 0. The van der Waals surface area contributed by atoms with Gasteiger partial charge in [0.25, 0.3) is 11.7 Å². The zero-order valence-corrected chi connectivity index (χ0v) is 19.6. The Kier molecular flexibility index (Phi) is 6.25. The highest BCUT2D eigenvalue weighted by molar-refractivity contribution is 6.46. The molecule has 8 heteroatoms. The number of ketones is 1. The van der Waals surface area contributed by atoms with Crippen LogP contribution in [0.1, 0.15) is 29.7 Å². The van der Waals surface area contributed by atoms with Crippen LogP contribution in [0.5, 0.6) is 23.0 Å². The van der Waals surface area contributed by atoms with Crippen LogP contribution in [0.4, 0.5) is 0 Å². The first kappa shape index (κ1) is 23.3. The van der Waals surface area contributed by atoms with Crippen LogP contribution in [-0.4, -0.2) is 46.6 Å². The molecule has 0 bridgehead atoms. The number of nitrogens with zero attached hydrogens (tertiary/aromatic N) is 1. The zero-order valence-electron chi connectivity index (χ0n) is 19.6. The molecule has 0 aromatic heterocycles. The van der Waals surface area contributed by atoms with Gasteiger partial charge in [0.05, 0.1) is 18.2 Å². The highest BCUT2D eigenvalue weighted by Crippen LogP contribution is 2.43. The van der Waals surface area contributed by atoms with Crippen molar-refractivity contribution in [3.8, 4) is 23.0 Å². The van der Waals surface area contributed by atoms with Crippen molar-refractivity contribution in [2.45, 2.75) is 19.5 Å². The second-order valence-electron chi connectivity index (χ2n) is 8.43. The summed E-state index contributed by atoms with van der Waals surface area (Å²) >= 11 is 0. The van der Waals surface area contributed by atoms with Gasteiger partial charge in [0, 0.05) is 12.1 Å². The summed E-state index contributed by atoms with van der Waals surface area (Å²) < 4.78 is 16.7. The van der Waals surface area contributed by atoms with Gasteiger partial charge in [-0.25, -0.2) is 0 Å². The maximum absolute atomic E-state index is 13.3. The van der Waals surface area contributed by atoms with Crippen LogP contribution in [-0.2, 0) is 16.1 Å². The van der Waals surface area contributed by atoms with Gasteiger partial charge in [0.15, 0.2) is 23.0 Å². The molecule has 8 nitrogen and oxygen atoms in total. The number of fused-ring (bicyclic) bond motifs is 1. The minimum absolute atomic E-state index is 0.0549. The minimum atomic E-state index is -0.904. The Hall–Kier alpha value is -4.46. The Morgan fingerprint density at radius 3 is 2.50 bits per heavy atom. The second kappa shape index (κ2) is 9.65. The van der Waals surface area contributed by atoms with Crippen LogP contribution < -0.4 is 14.2 Å². The van der Waals surface area contributed by atoms with Gasteiger partial charge in [0.2, 0.25) is 0 Å². The molecule has 2 N–H and O–H groups in total. The first-order valence-electron chi connectivity index (χ1n) is 11.7. The van der Waals surface area contributed by atoms with E-state index in [9.17, 15) is 19.8 Å². The molecule has 1 amide bonds. The smallest absolute Gasteiger partial charge is 0.295 e. The number of phenolic OH excluding ortho intramolecular Hbond substituents is 1. The maximum Gasteiger partial charge on any atom is 0.295 e.